The van der Waals surface area contributed by atoms with Gasteiger partial charge in [-0.2, -0.15) is 0 Å². The van der Waals surface area contributed by atoms with E-state index in [4.69, 9.17) is 15.2 Å². The molecule has 1 amide bonds. The van der Waals surface area contributed by atoms with Crippen LogP contribution in [-0.4, -0.2) is 66.2 Å². The fraction of sp³-hybridized carbons (Fsp3) is 0.522. The van der Waals surface area contributed by atoms with Crippen LogP contribution >= 0.6 is 0 Å². The van der Waals surface area contributed by atoms with Gasteiger partial charge in [0.2, 0.25) is 0 Å². The van der Waals surface area contributed by atoms with Crippen molar-refractivity contribution >= 4 is 45.3 Å². The Morgan fingerprint density at radius 2 is 1.84 bits per heavy atom. The minimum absolute atomic E-state index is 0.00141. The van der Waals surface area contributed by atoms with Crippen LogP contribution in [-0.2, 0) is 23.9 Å². The first kappa shape index (κ1) is 28.1. The predicted molar refractivity (Wildman–Crippen MR) is 131 cm³/mol. The fourth-order valence-corrected chi connectivity index (χ4v) is 5.41. The topological polar surface area (TPSA) is 108 Å². The van der Waals surface area contributed by atoms with E-state index in [0.29, 0.717) is 6.61 Å². The zero-order valence-corrected chi connectivity index (χ0v) is 22.2. The summed E-state index contributed by atoms with van der Waals surface area (Å²) in [6, 6.07) is 8.95. The summed E-state index contributed by atoms with van der Waals surface area (Å²) >= 11 is -0.00294. The molecule has 1 aromatic carbocycles. The number of carbonyl (C=O) groups excluding carboxylic acids is 3. The molecule has 3 atom stereocenters. The molecule has 0 unspecified atom stereocenters. The van der Waals surface area contributed by atoms with Crippen molar-refractivity contribution in [3.05, 3.63) is 43.0 Å². The molecular weight excluding hydrogens is 491 g/mol. The molecule has 0 saturated carbocycles. The molecule has 1 rings (SSSR count). The number of hydrogen-bond donors (Lipinski definition) is 2. The molecule has 3 N–H and O–H groups in total. The number of amides is 1. The third kappa shape index (κ3) is 11.6. The van der Waals surface area contributed by atoms with Crippen molar-refractivity contribution in [3.8, 4) is 0 Å². The van der Waals surface area contributed by atoms with Gasteiger partial charge >= 0.3 is 179 Å². The summed E-state index contributed by atoms with van der Waals surface area (Å²) in [5.41, 5.74) is 6.17. The number of carbonyl (C=O) groups is 3. The summed E-state index contributed by atoms with van der Waals surface area (Å²) < 4.78 is 11.5. The molecular formula is C23H36N2O5SeSi. The molecule has 0 fully saturated rings. The first-order valence-electron chi connectivity index (χ1n) is 10.7. The van der Waals surface area contributed by atoms with Gasteiger partial charge in [-0.25, -0.2) is 0 Å². The van der Waals surface area contributed by atoms with Gasteiger partial charge in [0.05, 0.1) is 0 Å². The van der Waals surface area contributed by atoms with E-state index >= 15 is 0 Å². The van der Waals surface area contributed by atoms with Crippen molar-refractivity contribution in [3.63, 3.8) is 0 Å². The van der Waals surface area contributed by atoms with E-state index in [1.807, 2.05) is 37.3 Å². The second-order valence-electron chi connectivity index (χ2n) is 8.71. The monoisotopic (exact) mass is 528 g/mol. The first-order chi connectivity index (χ1) is 15.0. The van der Waals surface area contributed by atoms with Crippen LogP contribution in [0, 0.1) is 0 Å². The number of hydrogen-bond acceptors (Lipinski definition) is 6. The van der Waals surface area contributed by atoms with Gasteiger partial charge in [-0.15, -0.1) is 0 Å². The van der Waals surface area contributed by atoms with Crippen LogP contribution in [0.4, 0.5) is 0 Å². The molecule has 178 valence electrons. The van der Waals surface area contributed by atoms with Gasteiger partial charge in [0.1, 0.15) is 0 Å². The van der Waals surface area contributed by atoms with Crippen molar-refractivity contribution in [1.82, 2.24) is 5.32 Å². The summed E-state index contributed by atoms with van der Waals surface area (Å²) in [6.07, 6.45) is 1.52. The Morgan fingerprint density at radius 1 is 1.19 bits per heavy atom. The molecule has 0 aliphatic carbocycles. The molecule has 0 saturated heterocycles. The average Bonchev–Trinajstić information content (AvgIpc) is 2.73. The zero-order valence-electron chi connectivity index (χ0n) is 19.5. The third-order valence-electron chi connectivity index (χ3n) is 4.57. The van der Waals surface area contributed by atoms with Crippen molar-refractivity contribution in [2.75, 3.05) is 13.2 Å². The molecule has 7 nitrogen and oxygen atoms in total. The third-order valence-corrected chi connectivity index (χ3v) is 8.81. The summed E-state index contributed by atoms with van der Waals surface area (Å²) in [7, 11) is -1.31. The Kier molecular flexibility index (Phi) is 12.5. The number of rotatable bonds is 14. The van der Waals surface area contributed by atoms with Crippen molar-refractivity contribution < 1.29 is 23.9 Å². The van der Waals surface area contributed by atoms with E-state index in [-0.39, 0.29) is 39.2 Å². The van der Waals surface area contributed by atoms with Crippen LogP contribution < -0.4 is 15.5 Å². The van der Waals surface area contributed by atoms with Crippen LogP contribution in [0.5, 0.6) is 0 Å². The summed E-state index contributed by atoms with van der Waals surface area (Å²) in [5.74, 6) is -1.46. The SMILES string of the molecule is C=CCOC(=O)[C@@H](CCC(=O)OCC[Si](C)(C)C)NC(=O)[C@@H](N)[C@H](C)[Se]c1ccccc1. The van der Waals surface area contributed by atoms with Crippen molar-refractivity contribution in [2.45, 2.75) is 62.4 Å². The van der Waals surface area contributed by atoms with E-state index in [9.17, 15) is 14.4 Å². The van der Waals surface area contributed by atoms with Gasteiger partial charge in [0.25, 0.3) is 0 Å². The Bertz CT molecular complexity index is 755. The molecule has 32 heavy (non-hydrogen) atoms. The average molecular weight is 528 g/mol. The number of benzene rings is 1. The molecule has 0 heterocycles. The first-order valence-corrected chi connectivity index (χ1v) is 16.3. The van der Waals surface area contributed by atoms with Gasteiger partial charge < -0.3 is 0 Å². The summed E-state index contributed by atoms with van der Waals surface area (Å²) in [4.78, 5) is 37.1. The molecule has 1 aromatic rings. The van der Waals surface area contributed by atoms with E-state index in [2.05, 4.69) is 31.5 Å². The second kappa shape index (κ2) is 14.3. The fourth-order valence-electron chi connectivity index (χ4n) is 2.56. The van der Waals surface area contributed by atoms with Crippen LogP contribution in [0.2, 0.25) is 30.5 Å². The summed E-state index contributed by atoms with van der Waals surface area (Å²) in [6.45, 7) is 12.4. The van der Waals surface area contributed by atoms with Crippen LogP contribution in [0.3, 0.4) is 0 Å². The quantitative estimate of drug-likeness (QED) is 0.218. The Morgan fingerprint density at radius 3 is 2.44 bits per heavy atom. The van der Waals surface area contributed by atoms with Gasteiger partial charge in [0.15, 0.2) is 0 Å². The minimum atomic E-state index is -1.31. The molecule has 0 aromatic heterocycles. The number of esters is 2. The molecule has 0 aliphatic rings. The van der Waals surface area contributed by atoms with Gasteiger partial charge in [0, 0.05) is 0 Å². The predicted octanol–water partition coefficient (Wildman–Crippen LogP) is 2.03. The normalized spacial score (nSPS) is 14.0. The molecule has 0 aliphatic heterocycles. The van der Waals surface area contributed by atoms with Gasteiger partial charge in [-0.05, 0) is 0 Å². The molecule has 0 bridgehead atoms. The van der Waals surface area contributed by atoms with Crippen molar-refractivity contribution in [1.29, 1.82) is 0 Å². The zero-order chi connectivity index (χ0) is 24.1. The Labute approximate surface area is 198 Å². The van der Waals surface area contributed by atoms with Crippen molar-refractivity contribution in [2.24, 2.45) is 5.73 Å². The summed E-state index contributed by atoms with van der Waals surface area (Å²) in [5, 5.41) is 2.66. The Hall–Kier alpha value is -1.93. The van der Waals surface area contributed by atoms with E-state index in [0.717, 1.165) is 10.5 Å². The van der Waals surface area contributed by atoms with Gasteiger partial charge in [-0.1, -0.05) is 19.6 Å². The number of ether oxygens (including phenoxy) is 2. The van der Waals surface area contributed by atoms with E-state index in [1.165, 1.54) is 6.08 Å². The molecule has 0 spiro atoms. The molecule has 9 heteroatoms. The number of nitrogens with one attached hydrogen (secondary N) is 1. The maximum absolute atomic E-state index is 12.7. The van der Waals surface area contributed by atoms with E-state index in [1.54, 1.807) is 0 Å². The standard InChI is InChI=1S/C23H36N2O5SeSi/c1-6-14-30-23(28)19(12-13-20(26)29-15-16-32(3,4)5)25-22(27)21(24)17(2)31-18-10-8-7-9-11-18/h6-11,17,19,21H,1,12-16,24H2,2-5H3,(H,25,27)/t17-,19+,21-/m0/s1. The van der Waals surface area contributed by atoms with Crippen LogP contribution in [0.15, 0.2) is 43.0 Å². The number of nitrogens with two attached hydrogens (primary N) is 1. The van der Waals surface area contributed by atoms with Crippen LogP contribution in [0.1, 0.15) is 19.8 Å². The van der Waals surface area contributed by atoms with E-state index < -0.39 is 38.0 Å². The Balaban J connectivity index is 2.66. The maximum atomic E-state index is 12.7. The van der Waals surface area contributed by atoms with Crippen LogP contribution in [0.25, 0.3) is 0 Å². The second-order valence-corrected chi connectivity index (χ2v) is 17.4. The van der Waals surface area contributed by atoms with Gasteiger partial charge in [-0.3, -0.25) is 0 Å². The molecule has 0 radical (unpaired) electrons.